The van der Waals surface area contributed by atoms with E-state index < -0.39 is 5.82 Å². The van der Waals surface area contributed by atoms with Crippen molar-refractivity contribution in [1.82, 2.24) is 24.6 Å². The van der Waals surface area contributed by atoms with E-state index in [1.54, 1.807) is 29.3 Å². The second-order valence-corrected chi connectivity index (χ2v) is 6.93. The van der Waals surface area contributed by atoms with Gasteiger partial charge in [-0.2, -0.15) is 5.10 Å². The summed E-state index contributed by atoms with van der Waals surface area (Å²) in [6.07, 6.45) is 9.31. The average molecular weight is 433 g/mol. The molecule has 3 heterocycles. The molecular formula is C21H23ClF2N6. The zero-order valence-corrected chi connectivity index (χ0v) is 17.4. The molecule has 30 heavy (non-hydrogen) atoms. The standard InChI is InChI=1S/C21H22F2N6.ClH/c1-16-17(15-26-29(16)21-24-7-3-8-25-21)4-2-9-27-10-12-28(13-11-27)20-14-18(22)5-6-19(20)23;/h2-8,14-15H,9-13H2,1H3;1H. The highest BCUT2D eigenvalue weighted by molar-refractivity contribution is 5.85. The smallest absolute Gasteiger partial charge is 0.250 e. The molecule has 1 aliphatic heterocycles. The van der Waals surface area contributed by atoms with Crippen molar-refractivity contribution < 1.29 is 8.78 Å². The Kier molecular flexibility index (Phi) is 7.12. The van der Waals surface area contributed by atoms with Crippen LogP contribution in [0.4, 0.5) is 14.5 Å². The zero-order chi connectivity index (χ0) is 20.2. The van der Waals surface area contributed by atoms with Gasteiger partial charge >= 0.3 is 0 Å². The Labute approximate surface area is 180 Å². The van der Waals surface area contributed by atoms with E-state index in [9.17, 15) is 8.78 Å². The average Bonchev–Trinajstić information content (AvgIpc) is 3.11. The minimum atomic E-state index is -0.413. The molecule has 158 valence electrons. The molecule has 0 aliphatic carbocycles. The Balaban J connectivity index is 0.00000256. The van der Waals surface area contributed by atoms with Gasteiger partial charge in [0.05, 0.1) is 17.6 Å². The maximum atomic E-state index is 14.0. The molecule has 1 saturated heterocycles. The first-order valence-electron chi connectivity index (χ1n) is 9.53. The third-order valence-electron chi connectivity index (χ3n) is 5.07. The molecule has 9 heteroatoms. The van der Waals surface area contributed by atoms with Crippen LogP contribution in [0.2, 0.25) is 0 Å². The van der Waals surface area contributed by atoms with Crippen LogP contribution >= 0.6 is 12.4 Å². The van der Waals surface area contributed by atoms with Gasteiger partial charge in [-0.05, 0) is 25.1 Å². The maximum absolute atomic E-state index is 14.0. The first-order chi connectivity index (χ1) is 14.1. The van der Waals surface area contributed by atoms with Crippen molar-refractivity contribution >= 4 is 24.2 Å². The van der Waals surface area contributed by atoms with Crippen LogP contribution in [0.15, 0.2) is 48.9 Å². The number of piperazine rings is 1. The van der Waals surface area contributed by atoms with Crippen LogP contribution in [0.5, 0.6) is 0 Å². The summed E-state index contributed by atoms with van der Waals surface area (Å²) in [6.45, 7) is 5.67. The number of halogens is 3. The summed E-state index contributed by atoms with van der Waals surface area (Å²) in [5, 5.41) is 4.36. The fourth-order valence-electron chi connectivity index (χ4n) is 3.42. The Bertz CT molecular complexity index is 1000. The van der Waals surface area contributed by atoms with Crippen LogP contribution in [-0.2, 0) is 0 Å². The van der Waals surface area contributed by atoms with E-state index in [0.29, 0.717) is 24.7 Å². The van der Waals surface area contributed by atoms with Crippen molar-refractivity contribution in [1.29, 1.82) is 0 Å². The van der Waals surface area contributed by atoms with E-state index >= 15 is 0 Å². The first kappa shape index (κ1) is 21.9. The summed E-state index contributed by atoms with van der Waals surface area (Å²) in [4.78, 5) is 12.6. The summed E-state index contributed by atoms with van der Waals surface area (Å²) >= 11 is 0. The third kappa shape index (κ3) is 4.83. The summed E-state index contributed by atoms with van der Waals surface area (Å²) in [7, 11) is 0. The third-order valence-corrected chi connectivity index (χ3v) is 5.07. The lowest BCUT2D eigenvalue weighted by Crippen LogP contribution is -2.46. The molecule has 0 unspecified atom stereocenters. The van der Waals surface area contributed by atoms with Crippen molar-refractivity contribution in [3.8, 4) is 5.95 Å². The number of anilines is 1. The quantitative estimate of drug-likeness (QED) is 0.617. The molecule has 0 N–H and O–H groups in total. The van der Waals surface area contributed by atoms with Crippen LogP contribution in [0.25, 0.3) is 12.0 Å². The normalized spacial score (nSPS) is 14.8. The molecule has 4 rings (SSSR count). The molecule has 3 aromatic rings. The molecule has 0 radical (unpaired) electrons. The number of hydrogen-bond donors (Lipinski definition) is 0. The van der Waals surface area contributed by atoms with Crippen LogP contribution < -0.4 is 4.90 Å². The molecule has 0 amide bonds. The molecule has 1 aliphatic rings. The minimum Gasteiger partial charge on any atom is -0.367 e. The van der Waals surface area contributed by atoms with E-state index in [-0.39, 0.29) is 18.2 Å². The highest BCUT2D eigenvalue weighted by Gasteiger charge is 2.19. The lowest BCUT2D eigenvalue weighted by atomic mass is 10.2. The van der Waals surface area contributed by atoms with Gasteiger partial charge in [0.1, 0.15) is 11.6 Å². The zero-order valence-electron chi connectivity index (χ0n) is 16.6. The molecule has 0 atom stereocenters. The summed E-state index contributed by atoms with van der Waals surface area (Å²) in [5.41, 5.74) is 2.32. The summed E-state index contributed by atoms with van der Waals surface area (Å²) in [5.74, 6) is -0.247. The molecule has 0 spiro atoms. The number of nitrogens with zero attached hydrogens (tertiary/aromatic N) is 6. The Hall–Kier alpha value is -2.84. The number of rotatable bonds is 5. The van der Waals surface area contributed by atoms with Gasteiger partial charge in [-0.15, -0.1) is 12.4 Å². The van der Waals surface area contributed by atoms with Gasteiger partial charge in [0.2, 0.25) is 0 Å². The van der Waals surface area contributed by atoms with Gasteiger partial charge in [0.25, 0.3) is 5.95 Å². The van der Waals surface area contributed by atoms with Crippen molar-refractivity contribution in [2.24, 2.45) is 0 Å². The van der Waals surface area contributed by atoms with Crippen LogP contribution in [0.3, 0.4) is 0 Å². The lowest BCUT2D eigenvalue weighted by molar-refractivity contribution is 0.283. The van der Waals surface area contributed by atoms with Crippen LogP contribution in [0.1, 0.15) is 11.3 Å². The number of benzene rings is 1. The second-order valence-electron chi connectivity index (χ2n) is 6.93. The molecule has 1 aromatic carbocycles. The first-order valence-corrected chi connectivity index (χ1v) is 9.53. The highest BCUT2D eigenvalue weighted by Crippen LogP contribution is 2.22. The fourth-order valence-corrected chi connectivity index (χ4v) is 3.42. The van der Waals surface area contributed by atoms with Gasteiger partial charge in [0, 0.05) is 56.7 Å². The maximum Gasteiger partial charge on any atom is 0.250 e. The highest BCUT2D eigenvalue weighted by atomic mass is 35.5. The van der Waals surface area contributed by atoms with Gasteiger partial charge in [-0.3, -0.25) is 4.90 Å². The molecule has 6 nitrogen and oxygen atoms in total. The monoisotopic (exact) mass is 432 g/mol. The second kappa shape index (κ2) is 9.77. The summed E-state index contributed by atoms with van der Waals surface area (Å²) < 4.78 is 29.1. The Morgan fingerprint density at radius 1 is 1.07 bits per heavy atom. The molecule has 0 saturated carbocycles. The van der Waals surface area contributed by atoms with Gasteiger partial charge in [-0.1, -0.05) is 12.2 Å². The van der Waals surface area contributed by atoms with Crippen molar-refractivity contribution in [3.63, 3.8) is 0 Å². The van der Waals surface area contributed by atoms with E-state index in [1.807, 2.05) is 17.9 Å². The lowest BCUT2D eigenvalue weighted by Gasteiger charge is -2.35. The molecule has 0 bridgehead atoms. The van der Waals surface area contributed by atoms with Gasteiger partial charge in [-0.25, -0.2) is 23.4 Å². The van der Waals surface area contributed by atoms with Crippen molar-refractivity contribution in [2.45, 2.75) is 6.92 Å². The minimum absolute atomic E-state index is 0. The summed E-state index contributed by atoms with van der Waals surface area (Å²) in [6, 6.07) is 5.37. The SMILES string of the molecule is Cc1c(C=CCN2CCN(c3cc(F)ccc3F)CC2)cnn1-c1ncccn1.Cl. The van der Waals surface area contributed by atoms with Crippen LogP contribution in [0, 0.1) is 18.6 Å². The predicted molar refractivity (Wildman–Crippen MR) is 115 cm³/mol. The molecular weight excluding hydrogens is 410 g/mol. The predicted octanol–water partition coefficient (Wildman–Crippen LogP) is 3.51. The Morgan fingerprint density at radius 3 is 2.53 bits per heavy atom. The van der Waals surface area contributed by atoms with Crippen LogP contribution in [-0.4, -0.2) is 57.4 Å². The number of hydrogen-bond acceptors (Lipinski definition) is 5. The van der Waals surface area contributed by atoms with Gasteiger partial charge < -0.3 is 4.90 Å². The number of aromatic nitrogens is 4. The van der Waals surface area contributed by atoms with E-state index in [0.717, 1.165) is 37.0 Å². The van der Waals surface area contributed by atoms with E-state index in [1.165, 1.54) is 12.1 Å². The Morgan fingerprint density at radius 2 is 1.80 bits per heavy atom. The van der Waals surface area contributed by atoms with E-state index in [4.69, 9.17) is 0 Å². The molecule has 2 aromatic heterocycles. The van der Waals surface area contributed by atoms with E-state index in [2.05, 4.69) is 26.0 Å². The topological polar surface area (TPSA) is 50.1 Å². The fraction of sp³-hybridized carbons (Fsp3) is 0.286. The van der Waals surface area contributed by atoms with Crippen molar-refractivity contribution in [2.75, 3.05) is 37.6 Å². The molecule has 1 fully saturated rings. The van der Waals surface area contributed by atoms with Crippen molar-refractivity contribution in [3.05, 3.63) is 71.8 Å². The largest absolute Gasteiger partial charge is 0.367 e. The van der Waals surface area contributed by atoms with Gasteiger partial charge in [0.15, 0.2) is 0 Å².